The van der Waals surface area contributed by atoms with Crippen LogP contribution >= 0.6 is 11.8 Å². The Bertz CT molecular complexity index is 1700. The normalized spacial score (nSPS) is 24.3. The molecule has 0 saturated heterocycles. The lowest BCUT2D eigenvalue weighted by Crippen LogP contribution is -2.23. The van der Waals surface area contributed by atoms with Gasteiger partial charge in [-0.15, -0.1) is 11.8 Å². The molecule has 4 aromatic carbocycles. The summed E-state index contributed by atoms with van der Waals surface area (Å²) >= 11 is 2.00. The maximum atomic E-state index is 2.51. The summed E-state index contributed by atoms with van der Waals surface area (Å²) in [5, 5.41) is 2.77. The summed E-state index contributed by atoms with van der Waals surface area (Å²) in [6.07, 6.45) is 7.31. The highest BCUT2D eigenvalue weighted by Crippen LogP contribution is 2.60. The van der Waals surface area contributed by atoms with E-state index < -0.39 is 0 Å². The van der Waals surface area contributed by atoms with Gasteiger partial charge >= 0.3 is 0 Å². The fraction of sp³-hybridized carbons (Fsp3) is 0.176. The molecule has 0 nitrogen and oxygen atoms in total. The quantitative estimate of drug-likeness (QED) is 0.270. The highest BCUT2D eigenvalue weighted by Gasteiger charge is 2.44. The molecular weight excluding hydrogens is 440 g/mol. The standard InChI is InChI=1S/C34H26S/c1-33(2)27-15-14-21(22-16-17-34(3)28(19-22)23-10-4-5-13-29(23)35-34)18-26(27)31-24-11-6-8-20-9-7-12-25(30(20)24)32(31)33/h4-19,28H,1-3H3. The minimum absolute atomic E-state index is 0.00705. The number of benzene rings is 4. The second kappa shape index (κ2) is 6.47. The second-order valence-electron chi connectivity index (χ2n) is 11.1. The molecule has 4 aliphatic rings. The van der Waals surface area contributed by atoms with Crippen LogP contribution in [0.4, 0.5) is 0 Å². The second-order valence-corrected chi connectivity index (χ2v) is 12.6. The molecule has 1 aliphatic heterocycles. The Kier molecular flexibility index (Phi) is 3.69. The van der Waals surface area contributed by atoms with Crippen molar-refractivity contribution in [2.75, 3.05) is 0 Å². The average molecular weight is 467 g/mol. The van der Waals surface area contributed by atoms with Gasteiger partial charge in [-0.1, -0.05) is 98.8 Å². The van der Waals surface area contributed by atoms with Crippen LogP contribution in [-0.4, -0.2) is 4.75 Å². The van der Waals surface area contributed by atoms with Crippen molar-refractivity contribution < 1.29 is 0 Å². The van der Waals surface area contributed by atoms with E-state index in [0.29, 0.717) is 5.92 Å². The summed E-state index contributed by atoms with van der Waals surface area (Å²) in [4.78, 5) is 1.42. The van der Waals surface area contributed by atoms with Crippen molar-refractivity contribution in [3.05, 3.63) is 130 Å². The van der Waals surface area contributed by atoms with Crippen LogP contribution in [0.1, 0.15) is 60.1 Å². The van der Waals surface area contributed by atoms with Crippen molar-refractivity contribution in [2.24, 2.45) is 0 Å². The number of rotatable bonds is 1. The lowest BCUT2D eigenvalue weighted by atomic mass is 9.77. The Morgan fingerprint density at radius 3 is 2.43 bits per heavy atom. The van der Waals surface area contributed by atoms with E-state index >= 15 is 0 Å². The molecule has 0 spiro atoms. The van der Waals surface area contributed by atoms with Crippen molar-refractivity contribution >= 4 is 39.3 Å². The number of hydrogen-bond donors (Lipinski definition) is 0. The molecule has 4 aromatic rings. The lowest BCUT2D eigenvalue weighted by Gasteiger charge is -2.30. The Labute approximate surface area is 211 Å². The van der Waals surface area contributed by atoms with Crippen LogP contribution in [0.25, 0.3) is 27.5 Å². The van der Waals surface area contributed by atoms with E-state index in [1.165, 1.54) is 65.8 Å². The summed E-state index contributed by atoms with van der Waals surface area (Å²) in [5.41, 5.74) is 12.8. The van der Waals surface area contributed by atoms with Gasteiger partial charge in [0.1, 0.15) is 0 Å². The molecule has 0 saturated carbocycles. The van der Waals surface area contributed by atoms with Crippen LogP contribution in [0.3, 0.4) is 0 Å². The van der Waals surface area contributed by atoms with Crippen molar-refractivity contribution in [1.29, 1.82) is 0 Å². The van der Waals surface area contributed by atoms with E-state index in [-0.39, 0.29) is 10.2 Å². The first-order valence-corrected chi connectivity index (χ1v) is 13.4. The molecule has 8 rings (SSSR count). The van der Waals surface area contributed by atoms with E-state index in [1.807, 2.05) is 11.8 Å². The first-order chi connectivity index (χ1) is 17.0. The van der Waals surface area contributed by atoms with Gasteiger partial charge in [0.05, 0.1) is 0 Å². The Hall–Kier alpha value is -3.29. The predicted molar refractivity (Wildman–Crippen MR) is 150 cm³/mol. The average Bonchev–Trinajstić information content (AvgIpc) is 3.44. The molecule has 0 aromatic heterocycles. The maximum absolute atomic E-state index is 2.51. The zero-order chi connectivity index (χ0) is 23.5. The molecular formula is C34H26S. The molecule has 3 aliphatic carbocycles. The number of hydrogen-bond acceptors (Lipinski definition) is 1. The van der Waals surface area contributed by atoms with E-state index in [0.717, 1.165) is 0 Å². The van der Waals surface area contributed by atoms with Crippen molar-refractivity contribution in [3.63, 3.8) is 0 Å². The van der Waals surface area contributed by atoms with Gasteiger partial charge in [-0.3, -0.25) is 0 Å². The van der Waals surface area contributed by atoms with Gasteiger partial charge in [-0.25, -0.2) is 0 Å². The molecule has 0 amide bonds. The van der Waals surface area contributed by atoms with Crippen LogP contribution in [-0.2, 0) is 5.41 Å². The van der Waals surface area contributed by atoms with Gasteiger partial charge < -0.3 is 0 Å². The van der Waals surface area contributed by atoms with Crippen LogP contribution in [0, 0.1) is 0 Å². The van der Waals surface area contributed by atoms with E-state index in [4.69, 9.17) is 0 Å². The van der Waals surface area contributed by atoms with Crippen LogP contribution in [0.15, 0.2) is 102 Å². The molecule has 1 heterocycles. The van der Waals surface area contributed by atoms with Gasteiger partial charge in [0.15, 0.2) is 0 Å². The summed E-state index contributed by atoms with van der Waals surface area (Å²) in [5.74, 6) is 0.410. The highest BCUT2D eigenvalue weighted by atomic mass is 32.2. The van der Waals surface area contributed by atoms with Crippen molar-refractivity contribution in [3.8, 4) is 0 Å². The molecule has 35 heavy (non-hydrogen) atoms. The zero-order valence-electron chi connectivity index (χ0n) is 20.2. The third-order valence-electron chi connectivity index (χ3n) is 8.76. The minimum atomic E-state index is -0.00705. The summed E-state index contributed by atoms with van der Waals surface area (Å²) < 4.78 is 0.102. The van der Waals surface area contributed by atoms with Gasteiger partial charge in [0, 0.05) is 21.0 Å². The van der Waals surface area contributed by atoms with Crippen molar-refractivity contribution in [2.45, 2.75) is 41.7 Å². The van der Waals surface area contributed by atoms with Crippen LogP contribution in [0.5, 0.6) is 0 Å². The molecule has 2 unspecified atom stereocenters. The lowest BCUT2D eigenvalue weighted by molar-refractivity contribution is 0.703. The Morgan fingerprint density at radius 2 is 1.57 bits per heavy atom. The predicted octanol–water partition coefficient (Wildman–Crippen LogP) is 9.00. The fourth-order valence-electron chi connectivity index (χ4n) is 7.08. The van der Waals surface area contributed by atoms with Crippen LogP contribution < -0.4 is 0 Å². The molecule has 0 N–H and O–H groups in total. The molecule has 168 valence electrons. The topological polar surface area (TPSA) is 0 Å². The van der Waals surface area contributed by atoms with Gasteiger partial charge in [-0.05, 0) is 79.9 Å². The molecule has 0 radical (unpaired) electrons. The number of fused-ring (bicyclic) bond motifs is 7. The van der Waals surface area contributed by atoms with Gasteiger partial charge in [0.25, 0.3) is 0 Å². The summed E-state index contributed by atoms with van der Waals surface area (Å²) in [7, 11) is 0. The first kappa shape index (κ1) is 20.0. The Balaban J connectivity index is 1.31. The SMILES string of the molecule is CC1(C)C2=C(c3cc(C4=CC5c6ccccc6SC5(C)C=C4)ccc31)c1cccc3cccc2c13. The fourth-order valence-corrected chi connectivity index (χ4v) is 8.47. The number of allylic oxidation sites excluding steroid dienone is 4. The zero-order valence-corrected chi connectivity index (χ0v) is 21.0. The highest BCUT2D eigenvalue weighted by molar-refractivity contribution is 8.01. The maximum Gasteiger partial charge on any atom is 0.0465 e. The largest absolute Gasteiger partial charge is 0.114 e. The monoisotopic (exact) mass is 466 g/mol. The smallest absolute Gasteiger partial charge is 0.0465 e. The van der Waals surface area contributed by atoms with Gasteiger partial charge in [0.2, 0.25) is 0 Å². The van der Waals surface area contributed by atoms with Crippen LogP contribution in [0.2, 0.25) is 0 Å². The summed E-state index contributed by atoms with van der Waals surface area (Å²) in [6.45, 7) is 7.18. The van der Waals surface area contributed by atoms with Gasteiger partial charge in [-0.2, -0.15) is 0 Å². The number of thioether (sulfide) groups is 1. The van der Waals surface area contributed by atoms with E-state index in [9.17, 15) is 0 Å². The van der Waals surface area contributed by atoms with E-state index in [1.54, 1.807) is 0 Å². The third-order valence-corrected chi connectivity index (χ3v) is 10.2. The molecule has 0 fully saturated rings. The third kappa shape index (κ3) is 2.45. The minimum Gasteiger partial charge on any atom is -0.114 e. The summed E-state index contributed by atoms with van der Waals surface area (Å²) in [6, 6.07) is 29.7. The van der Waals surface area contributed by atoms with E-state index in [2.05, 4.69) is 118 Å². The van der Waals surface area contributed by atoms with Crippen molar-refractivity contribution in [1.82, 2.24) is 0 Å². The molecule has 2 atom stereocenters. The molecule has 0 bridgehead atoms. The Morgan fingerprint density at radius 1 is 0.771 bits per heavy atom. The first-order valence-electron chi connectivity index (χ1n) is 12.6. The molecule has 1 heteroatoms.